The molecule has 0 saturated heterocycles. The van der Waals surface area contributed by atoms with Crippen molar-refractivity contribution in [3.05, 3.63) is 65.6 Å². The monoisotopic (exact) mass is 466 g/mol. The van der Waals surface area contributed by atoms with Crippen molar-refractivity contribution in [2.45, 2.75) is 20.4 Å². The van der Waals surface area contributed by atoms with Gasteiger partial charge in [-0.05, 0) is 49.4 Å². The van der Waals surface area contributed by atoms with E-state index < -0.39 is 0 Å². The lowest BCUT2D eigenvalue weighted by Crippen LogP contribution is -2.11. The molecule has 0 aliphatic rings. The number of thiophene rings is 1. The third-order valence-electron chi connectivity index (χ3n) is 5.70. The summed E-state index contributed by atoms with van der Waals surface area (Å²) in [6.07, 6.45) is 7.38. The third kappa shape index (κ3) is 3.64. The lowest BCUT2D eigenvalue weighted by molar-refractivity contribution is 0.724. The molecule has 0 bridgehead atoms. The minimum Gasteiger partial charge on any atom is -0.335 e. The molecule has 0 amide bonds. The molecule has 9 heteroatoms. The van der Waals surface area contributed by atoms with Gasteiger partial charge in [0, 0.05) is 46.0 Å². The number of hydrogen-bond acceptors (Lipinski definition) is 7. The van der Waals surface area contributed by atoms with Crippen molar-refractivity contribution in [3.63, 3.8) is 0 Å². The molecule has 34 heavy (non-hydrogen) atoms. The zero-order chi connectivity index (χ0) is 23.1. The minimum absolute atomic E-state index is 0.660. The van der Waals surface area contributed by atoms with Gasteiger partial charge in [-0.1, -0.05) is 6.92 Å². The van der Waals surface area contributed by atoms with E-state index in [-0.39, 0.29) is 0 Å². The third-order valence-corrected chi connectivity index (χ3v) is 6.74. The number of imidazole rings is 1. The lowest BCUT2D eigenvalue weighted by atomic mass is 10.1. The number of aromatic amines is 2. The average molecular weight is 467 g/mol. The first kappa shape index (κ1) is 20.6. The Balaban J connectivity index is 1.44. The molecule has 0 aliphatic carbocycles. The van der Waals surface area contributed by atoms with Crippen LogP contribution in [0.2, 0.25) is 0 Å². The molecule has 8 nitrogen and oxygen atoms in total. The van der Waals surface area contributed by atoms with Gasteiger partial charge in [-0.15, -0.1) is 11.3 Å². The standard InChI is InChI=1S/C25H22N8S/c1-3-26-9-15-8-16(11-27-10-15)18-5-6-19-23(29-18)24(33-32-19)25-30-20-13-28-12-17(22(20)31-25)21-7-4-14(2)34-21/h4-8,10-13,26H,3,9H2,1-2H3,(H,30,31)(H,32,33). The molecule has 0 fully saturated rings. The maximum Gasteiger partial charge on any atom is 0.161 e. The van der Waals surface area contributed by atoms with Gasteiger partial charge in [0.2, 0.25) is 0 Å². The predicted octanol–water partition coefficient (Wildman–Crippen LogP) is 5.10. The molecule has 6 heterocycles. The normalized spacial score (nSPS) is 11.6. The summed E-state index contributed by atoms with van der Waals surface area (Å²) in [5, 5.41) is 11.0. The number of nitrogens with one attached hydrogen (secondary N) is 3. The Kier molecular flexibility index (Phi) is 5.12. The maximum atomic E-state index is 4.93. The number of rotatable bonds is 6. The van der Waals surface area contributed by atoms with Gasteiger partial charge in [0.1, 0.15) is 11.0 Å². The first-order valence-electron chi connectivity index (χ1n) is 11.1. The Morgan fingerprint density at radius 2 is 1.85 bits per heavy atom. The summed E-state index contributed by atoms with van der Waals surface area (Å²) in [4.78, 5) is 24.4. The van der Waals surface area contributed by atoms with Crippen LogP contribution in [0.3, 0.4) is 0 Å². The Bertz CT molecular complexity index is 1630. The van der Waals surface area contributed by atoms with Gasteiger partial charge < -0.3 is 10.3 Å². The fourth-order valence-electron chi connectivity index (χ4n) is 4.02. The highest BCUT2D eigenvalue weighted by Gasteiger charge is 2.17. The Labute approximate surface area is 199 Å². The van der Waals surface area contributed by atoms with E-state index in [1.807, 2.05) is 30.7 Å². The molecule has 0 saturated carbocycles. The van der Waals surface area contributed by atoms with E-state index in [2.05, 4.69) is 62.5 Å². The second-order valence-electron chi connectivity index (χ2n) is 8.11. The second kappa shape index (κ2) is 8.44. The van der Waals surface area contributed by atoms with Gasteiger partial charge in [0.05, 0.1) is 22.9 Å². The van der Waals surface area contributed by atoms with E-state index in [4.69, 9.17) is 9.97 Å². The van der Waals surface area contributed by atoms with Crippen molar-refractivity contribution >= 4 is 33.4 Å². The van der Waals surface area contributed by atoms with Gasteiger partial charge >= 0.3 is 0 Å². The topological polar surface area (TPSA) is 108 Å². The van der Waals surface area contributed by atoms with Crippen LogP contribution in [0, 0.1) is 6.92 Å². The molecular weight excluding hydrogens is 444 g/mol. The van der Waals surface area contributed by atoms with Gasteiger partial charge in [0.25, 0.3) is 0 Å². The number of nitrogens with zero attached hydrogens (tertiary/aromatic N) is 5. The Hall–Kier alpha value is -3.95. The van der Waals surface area contributed by atoms with E-state index in [9.17, 15) is 0 Å². The molecule has 0 aromatic carbocycles. The number of fused-ring (bicyclic) bond motifs is 2. The van der Waals surface area contributed by atoms with Crippen molar-refractivity contribution in [2.24, 2.45) is 0 Å². The zero-order valence-electron chi connectivity index (χ0n) is 18.8. The van der Waals surface area contributed by atoms with Crippen LogP contribution < -0.4 is 5.32 Å². The number of aryl methyl sites for hydroxylation is 1. The SMILES string of the molecule is CCNCc1cncc(-c2ccc3[nH]nc(-c4nc5c(-c6ccc(C)s6)cncc5[nH]4)c3n2)c1. The highest BCUT2D eigenvalue weighted by atomic mass is 32.1. The summed E-state index contributed by atoms with van der Waals surface area (Å²) >= 11 is 1.73. The van der Waals surface area contributed by atoms with E-state index in [0.717, 1.165) is 62.4 Å². The number of H-pyrrole nitrogens is 2. The Morgan fingerprint density at radius 3 is 2.71 bits per heavy atom. The molecular formula is C25H22N8S. The quantitative estimate of drug-likeness (QED) is 0.315. The smallest absolute Gasteiger partial charge is 0.161 e. The number of pyridine rings is 3. The molecule has 6 aromatic rings. The summed E-state index contributed by atoms with van der Waals surface area (Å²) in [6, 6.07) is 10.3. The lowest BCUT2D eigenvalue weighted by Gasteiger charge is -2.05. The molecule has 6 rings (SSSR count). The van der Waals surface area contributed by atoms with Gasteiger partial charge in [0.15, 0.2) is 11.5 Å². The van der Waals surface area contributed by atoms with Crippen LogP contribution in [0.5, 0.6) is 0 Å². The molecule has 3 N–H and O–H groups in total. The highest BCUT2D eigenvalue weighted by molar-refractivity contribution is 7.15. The fourth-order valence-corrected chi connectivity index (χ4v) is 4.90. The van der Waals surface area contributed by atoms with Crippen LogP contribution in [0.4, 0.5) is 0 Å². The van der Waals surface area contributed by atoms with E-state index in [0.29, 0.717) is 11.5 Å². The summed E-state index contributed by atoms with van der Waals surface area (Å²) < 4.78 is 0. The maximum absolute atomic E-state index is 4.93. The van der Waals surface area contributed by atoms with E-state index >= 15 is 0 Å². The molecule has 0 unspecified atom stereocenters. The molecule has 0 aliphatic heterocycles. The van der Waals surface area contributed by atoms with Crippen LogP contribution in [0.1, 0.15) is 17.4 Å². The molecule has 168 valence electrons. The first-order chi connectivity index (χ1) is 16.7. The van der Waals surface area contributed by atoms with Gasteiger partial charge in [-0.25, -0.2) is 9.97 Å². The van der Waals surface area contributed by atoms with Crippen molar-refractivity contribution in [3.8, 4) is 33.2 Å². The number of aromatic nitrogens is 7. The largest absolute Gasteiger partial charge is 0.335 e. The fraction of sp³-hybridized carbons (Fsp3) is 0.160. The Morgan fingerprint density at radius 1 is 0.941 bits per heavy atom. The van der Waals surface area contributed by atoms with Crippen molar-refractivity contribution in [2.75, 3.05) is 6.54 Å². The van der Waals surface area contributed by atoms with E-state index in [1.54, 1.807) is 17.5 Å². The minimum atomic E-state index is 0.660. The molecule has 0 radical (unpaired) electrons. The van der Waals surface area contributed by atoms with Crippen LogP contribution in [-0.4, -0.2) is 41.7 Å². The number of hydrogen-bond donors (Lipinski definition) is 3. The van der Waals surface area contributed by atoms with Gasteiger partial charge in [-0.3, -0.25) is 15.1 Å². The average Bonchev–Trinajstić information content (AvgIpc) is 3.59. The summed E-state index contributed by atoms with van der Waals surface area (Å²) in [6.45, 7) is 5.87. The predicted molar refractivity (Wildman–Crippen MR) is 135 cm³/mol. The zero-order valence-corrected chi connectivity index (χ0v) is 19.6. The van der Waals surface area contributed by atoms with Crippen LogP contribution in [0.25, 0.3) is 55.3 Å². The van der Waals surface area contributed by atoms with E-state index in [1.165, 1.54) is 4.88 Å². The van der Waals surface area contributed by atoms with Crippen molar-refractivity contribution in [1.29, 1.82) is 0 Å². The van der Waals surface area contributed by atoms with Crippen LogP contribution in [-0.2, 0) is 6.54 Å². The summed E-state index contributed by atoms with van der Waals surface area (Å²) in [7, 11) is 0. The second-order valence-corrected chi connectivity index (χ2v) is 9.39. The molecule has 6 aromatic heterocycles. The van der Waals surface area contributed by atoms with Crippen LogP contribution in [0.15, 0.2) is 55.1 Å². The summed E-state index contributed by atoms with van der Waals surface area (Å²) in [5.74, 6) is 0.660. The van der Waals surface area contributed by atoms with Crippen molar-refractivity contribution in [1.82, 2.24) is 40.4 Å². The first-order valence-corrected chi connectivity index (χ1v) is 11.9. The van der Waals surface area contributed by atoms with Gasteiger partial charge in [-0.2, -0.15) is 5.10 Å². The van der Waals surface area contributed by atoms with Crippen molar-refractivity contribution < 1.29 is 0 Å². The molecule has 0 atom stereocenters. The summed E-state index contributed by atoms with van der Waals surface area (Å²) in [5.41, 5.74) is 7.97. The molecule has 0 spiro atoms. The highest BCUT2D eigenvalue weighted by Crippen LogP contribution is 2.34. The van der Waals surface area contributed by atoms with Crippen LogP contribution >= 0.6 is 11.3 Å².